The maximum absolute atomic E-state index is 12.6. The van der Waals surface area contributed by atoms with Crippen molar-refractivity contribution in [3.8, 4) is 0 Å². The predicted octanol–water partition coefficient (Wildman–Crippen LogP) is 1.24. The van der Waals surface area contributed by atoms with Crippen molar-refractivity contribution in [3.63, 3.8) is 0 Å². The second kappa shape index (κ2) is 7.23. The Kier molecular flexibility index (Phi) is 5.08. The summed E-state index contributed by atoms with van der Waals surface area (Å²) >= 11 is 0. The third-order valence-electron chi connectivity index (χ3n) is 4.81. The molecule has 2 fully saturated rings. The lowest BCUT2D eigenvalue weighted by Gasteiger charge is -2.28. The van der Waals surface area contributed by atoms with Crippen LogP contribution in [0.4, 0.5) is 0 Å². The van der Waals surface area contributed by atoms with Gasteiger partial charge < -0.3 is 4.74 Å². The van der Waals surface area contributed by atoms with Gasteiger partial charge in [-0.15, -0.1) is 0 Å². The Balaban J connectivity index is 1.57. The van der Waals surface area contributed by atoms with Crippen LogP contribution < -0.4 is 0 Å². The van der Waals surface area contributed by atoms with E-state index in [9.17, 15) is 9.59 Å². The van der Waals surface area contributed by atoms with Crippen LogP contribution in [0, 0.1) is 12.8 Å². The van der Waals surface area contributed by atoms with Gasteiger partial charge in [-0.1, -0.05) is 24.3 Å². The van der Waals surface area contributed by atoms with E-state index in [-0.39, 0.29) is 17.7 Å². The first-order valence-corrected chi connectivity index (χ1v) is 8.34. The second-order valence-electron chi connectivity index (χ2n) is 6.37. The number of carbonyl (C=O) groups is 2. The van der Waals surface area contributed by atoms with E-state index >= 15 is 0 Å². The van der Waals surface area contributed by atoms with Crippen molar-refractivity contribution in [2.45, 2.75) is 19.8 Å². The second-order valence-corrected chi connectivity index (χ2v) is 6.37. The van der Waals surface area contributed by atoms with Crippen LogP contribution in [0.25, 0.3) is 0 Å². The molecule has 0 N–H and O–H groups in total. The number of likely N-dealkylation sites (tertiary alicyclic amines) is 1. The highest BCUT2D eigenvalue weighted by Gasteiger charge is 2.38. The fourth-order valence-electron chi connectivity index (χ4n) is 3.32. The van der Waals surface area contributed by atoms with Crippen molar-refractivity contribution >= 4 is 11.8 Å². The largest absolute Gasteiger partial charge is 0.379 e. The van der Waals surface area contributed by atoms with Crippen LogP contribution in [-0.2, 0) is 20.7 Å². The van der Waals surface area contributed by atoms with Crippen LogP contribution in [0.15, 0.2) is 24.3 Å². The molecule has 2 heterocycles. The van der Waals surface area contributed by atoms with E-state index < -0.39 is 0 Å². The summed E-state index contributed by atoms with van der Waals surface area (Å²) in [4.78, 5) is 28.5. The molecule has 1 aromatic rings. The van der Waals surface area contributed by atoms with Gasteiger partial charge in [0.05, 0.1) is 19.1 Å². The summed E-state index contributed by atoms with van der Waals surface area (Å²) < 4.78 is 5.32. The molecule has 124 valence electrons. The normalized spacial score (nSPS) is 22.8. The zero-order valence-electron chi connectivity index (χ0n) is 13.7. The van der Waals surface area contributed by atoms with Gasteiger partial charge >= 0.3 is 0 Å². The van der Waals surface area contributed by atoms with Crippen molar-refractivity contribution in [3.05, 3.63) is 35.4 Å². The zero-order valence-corrected chi connectivity index (χ0v) is 13.7. The first-order valence-electron chi connectivity index (χ1n) is 8.34. The number of amides is 2. The topological polar surface area (TPSA) is 49.9 Å². The molecule has 2 saturated heterocycles. The standard InChI is InChI=1S/C18H24N2O3/c1-14-4-2-3-5-15(14)12-16-13-17(21)20(18(16)22)7-6-19-8-10-23-11-9-19/h2-5,16H,6-13H2,1H3. The molecule has 0 aliphatic carbocycles. The Labute approximate surface area is 137 Å². The number of hydrogen-bond donors (Lipinski definition) is 0. The monoisotopic (exact) mass is 316 g/mol. The van der Waals surface area contributed by atoms with Crippen molar-refractivity contribution in [2.24, 2.45) is 5.92 Å². The number of imide groups is 1. The van der Waals surface area contributed by atoms with Crippen molar-refractivity contribution in [2.75, 3.05) is 39.4 Å². The lowest BCUT2D eigenvalue weighted by atomic mass is 9.95. The van der Waals surface area contributed by atoms with Crippen LogP contribution in [0.1, 0.15) is 17.5 Å². The molecule has 3 rings (SSSR count). The van der Waals surface area contributed by atoms with E-state index in [2.05, 4.69) is 4.90 Å². The summed E-state index contributed by atoms with van der Waals surface area (Å²) in [5.41, 5.74) is 2.34. The molecular weight excluding hydrogens is 292 g/mol. The van der Waals surface area contributed by atoms with Crippen molar-refractivity contribution in [1.82, 2.24) is 9.80 Å². The van der Waals surface area contributed by atoms with E-state index in [4.69, 9.17) is 4.74 Å². The molecule has 5 nitrogen and oxygen atoms in total. The highest BCUT2D eigenvalue weighted by Crippen LogP contribution is 2.24. The van der Waals surface area contributed by atoms with Gasteiger partial charge in [-0.2, -0.15) is 0 Å². The third-order valence-corrected chi connectivity index (χ3v) is 4.81. The maximum atomic E-state index is 12.6. The summed E-state index contributed by atoms with van der Waals surface area (Å²) in [6, 6.07) is 8.07. The Morgan fingerprint density at radius 1 is 1.13 bits per heavy atom. The summed E-state index contributed by atoms with van der Waals surface area (Å²) in [7, 11) is 0. The number of nitrogens with zero attached hydrogens (tertiary/aromatic N) is 2. The average Bonchev–Trinajstić information content (AvgIpc) is 2.82. The van der Waals surface area contributed by atoms with Gasteiger partial charge in [-0.3, -0.25) is 19.4 Å². The van der Waals surface area contributed by atoms with E-state index in [1.165, 1.54) is 10.5 Å². The molecule has 2 aliphatic rings. The summed E-state index contributed by atoms with van der Waals surface area (Å²) in [6.45, 7) is 6.52. The fraction of sp³-hybridized carbons (Fsp3) is 0.556. The first kappa shape index (κ1) is 16.1. The Hall–Kier alpha value is -1.72. The molecule has 1 aromatic carbocycles. The molecule has 5 heteroatoms. The van der Waals surface area contributed by atoms with E-state index in [1.807, 2.05) is 31.2 Å². The predicted molar refractivity (Wildman–Crippen MR) is 87.0 cm³/mol. The van der Waals surface area contributed by atoms with Gasteiger partial charge in [0, 0.05) is 32.6 Å². The molecule has 0 bridgehead atoms. The summed E-state index contributed by atoms with van der Waals surface area (Å²) in [5.74, 6) is -0.235. The molecular formula is C18H24N2O3. The molecule has 2 aliphatic heterocycles. The van der Waals surface area contributed by atoms with Crippen LogP contribution in [-0.4, -0.2) is 61.0 Å². The molecule has 2 amide bonds. The quantitative estimate of drug-likeness (QED) is 0.767. The number of aryl methyl sites for hydroxylation is 1. The van der Waals surface area contributed by atoms with Gasteiger partial charge in [0.15, 0.2) is 0 Å². The van der Waals surface area contributed by atoms with Crippen molar-refractivity contribution in [1.29, 1.82) is 0 Å². The van der Waals surface area contributed by atoms with Crippen LogP contribution in [0.3, 0.4) is 0 Å². The number of morpholine rings is 1. The summed E-state index contributed by atoms with van der Waals surface area (Å²) in [6.07, 6.45) is 1.00. The maximum Gasteiger partial charge on any atom is 0.233 e. The number of carbonyl (C=O) groups excluding carboxylic acids is 2. The Morgan fingerprint density at radius 3 is 2.61 bits per heavy atom. The van der Waals surface area contributed by atoms with Crippen LogP contribution >= 0.6 is 0 Å². The Morgan fingerprint density at radius 2 is 1.87 bits per heavy atom. The van der Waals surface area contributed by atoms with Gasteiger partial charge in [0.25, 0.3) is 0 Å². The molecule has 1 atom stereocenters. The highest BCUT2D eigenvalue weighted by molar-refractivity contribution is 6.03. The fourth-order valence-corrected chi connectivity index (χ4v) is 3.32. The molecule has 0 aromatic heterocycles. The molecule has 0 saturated carbocycles. The molecule has 0 spiro atoms. The highest BCUT2D eigenvalue weighted by atomic mass is 16.5. The van der Waals surface area contributed by atoms with Crippen molar-refractivity contribution < 1.29 is 14.3 Å². The molecule has 0 radical (unpaired) electrons. The van der Waals surface area contributed by atoms with E-state index in [1.54, 1.807) is 0 Å². The minimum atomic E-state index is -0.201. The van der Waals surface area contributed by atoms with Gasteiger partial charge in [-0.05, 0) is 24.5 Å². The SMILES string of the molecule is Cc1ccccc1CC1CC(=O)N(CCN2CCOCC2)C1=O. The number of hydrogen-bond acceptors (Lipinski definition) is 4. The Bertz CT molecular complexity index is 581. The van der Waals surface area contributed by atoms with E-state index in [0.29, 0.717) is 19.4 Å². The lowest BCUT2D eigenvalue weighted by molar-refractivity contribution is -0.139. The first-order chi connectivity index (χ1) is 11.1. The minimum absolute atomic E-state index is 0.00786. The minimum Gasteiger partial charge on any atom is -0.379 e. The van der Waals surface area contributed by atoms with Crippen LogP contribution in [0.5, 0.6) is 0 Å². The third kappa shape index (κ3) is 3.79. The van der Waals surface area contributed by atoms with Gasteiger partial charge in [-0.25, -0.2) is 0 Å². The van der Waals surface area contributed by atoms with Crippen LogP contribution in [0.2, 0.25) is 0 Å². The summed E-state index contributed by atoms with van der Waals surface area (Å²) in [5, 5.41) is 0. The van der Waals surface area contributed by atoms with Gasteiger partial charge in [0.1, 0.15) is 0 Å². The number of benzene rings is 1. The average molecular weight is 316 g/mol. The smallest absolute Gasteiger partial charge is 0.233 e. The number of rotatable bonds is 5. The zero-order chi connectivity index (χ0) is 16.2. The lowest BCUT2D eigenvalue weighted by Crippen LogP contribution is -2.43. The molecule has 1 unspecified atom stereocenters. The number of ether oxygens (including phenoxy) is 1. The van der Waals surface area contributed by atoms with E-state index in [0.717, 1.165) is 38.4 Å². The van der Waals surface area contributed by atoms with Gasteiger partial charge in [0.2, 0.25) is 11.8 Å². The molecule has 23 heavy (non-hydrogen) atoms.